The van der Waals surface area contributed by atoms with Gasteiger partial charge in [0.2, 0.25) is 0 Å². The monoisotopic (exact) mass is 396 g/mol. The summed E-state index contributed by atoms with van der Waals surface area (Å²) in [5, 5.41) is 12.0. The molecule has 2 aliphatic rings. The van der Waals surface area contributed by atoms with Crippen LogP contribution in [0.25, 0.3) is 17.1 Å². The number of benzene rings is 1. The Balaban J connectivity index is 1.44. The highest BCUT2D eigenvalue weighted by Crippen LogP contribution is 2.28. The SMILES string of the molecule is O=C(NC1CC2CCC(C1)N2)c1cc(-c2ccco2)n(-c2ccc(Cl)cc2)n1. The van der Waals surface area contributed by atoms with Crippen LogP contribution in [0.5, 0.6) is 0 Å². The van der Waals surface area contributed by atoms with Crippen molar-refractivity contribution in [3.63, 3.8) is 0 Å². The third-order valence-corrected chi connectivity index (χ3v) is 5.85. The molecule has 2 fully saturated rings. The maximum atomic E-state index is 12.9. The summed E-state index contributed by atoms with van der Waals surface area (Å²) in [7, 11) is 0. The third-order valence-electron chi connectivity index (χ3n) is 5.60. The Morgan fingerprint density at radius 3 is 2.61 bits per heavy atom. The van der Waals surface area contributed by atoms with Gasteiger partial charge in [-0.15, -0.1) is 0 Å². The minimum atomic E-state index is -0.146. The van der Waals surface area contributed by atoms with Gasteiger partial charge in [-0.05, 0) is 62.1 Å². The number of halogens is 1. The Labute approximate surface area is 167 Å². The van der Waals surface area contributed by atoms with E-state index in [-0.39, 0.29) is 11.9 Å². The van der Waals surface area contributed by atoms with Crippen molar-refractivity contribution < 1.29 is 9.21 Å². The third kappa shape index (κ3) is 3.34. The Hall–Kier alpha value is -2.57. The van der Waals surface area contributed by atoms with Crippen molar-refractivity contribution in [1.82, 2.24) is 20.4 Å². The number of nitrogens with zero attached hydrogens (tertiary/aromatic N) is 2. The highest BCUT2D eigenvalue weighted by molar-refractivity contribution is 6.30. The molecule has 28 heavy (non-hydrogen) atoms. The molecule has 2 atom stereocenters. The van der Waals surface area contributed by atoms with E-state index in [0.717, 1.165) is 24.2 Å². The van der Waals surface area contributed by atoms with E-state index in [0.29, 0.717) is 28.6 Å². The topological polar surface area (TPSA) is 72.1 Å². The molecular formula is C21H21ClN4O2. The second-order valence-electron chi connectivity index (χ2n) is 7.56. The second-order valence-corrected chi connectivity index (χ2v) is 8.00. The van der Waals surface area contributed by atoms with E-state index in [2.05, 4.69) is 15.7 Å². The van der Waals surface area contributed by atoms with Crippen LogP contribution in [0.4, 0.5) is 0 Å². The fourth-order valence-corrected chi connectivity index (χ4v) is 4.43. The molecule has 2 bridgehead atoms. The summed E-state index contributed by atoms with van der Waals surface area (Å²) in [5.74, 6) is 0.508. The number of carbonyl (C=O) groups excluding carboxylic acids is 1. The molecule has 2 aromatic heterocycles. The van der Waals surface area contributed by atoms with Crippen LogP contribution in [0.15, 0.2) is 53.1 Å². The van der Waals surface area contributed by atoms with E-state index < -0.39 is 0 Å². The number of aromatic nitrogens is 2. The van der Waals surface area contributed by atoms with Crippen molar-refractivity contribution in [2.45, 2.75) is 43.8 Å². The average molecular weight is 397 g/mol. The van der Waals surface area contributed by atoms with Crippen molar-refractivity contribution in [3.05, 3.63) is 59.4 Å². The smallest absolute Gasteiger partial charge is 0.272 e. The first-order valence-corrected chi connectivity index (χ1v) is 10.0. The quantitative estimate of drug-likeness (QED) is 0.703. The number of hydrogen-bond donors (Lipinski definition) is 2. The molecule has 7 heteroatoms. The van der Waals surface area contributed by atoms with Gasteiger partial charge in [-0.3, -0.25) is 4.79 Å². The van der Waals surface area contributed by atoms with Crippen LogP contribution >= 0.6 is 11.6 Å². The van der Waals surface area contributed by atoms with Crippen LogP contribution in [0.3, 0.4) is 0 Å². The molecule has 0 saturated carbocycles. The lowest BCUT2D eigenvalue weighted by Crippen LogP contribution is -2.48. The molecule has 144 valence electrons. The molecule has 0 aliphatic carbocycles. The van der Waals surface area contributed by atoms with E-state index in [1.807, 2.05) is 24.3 Å². The zero-order valence-corrected chi connectivity index (χ0v) is 16.0. The summed E-state index contributed by atoms with van der Waals surface area (Å²) in [5.41, 5.74) is 1.92. The molecule has 0 spiro atoms. The van der Waals surface area contributed by atoms with Gasteiger partial charge in [0.25, 0.3) is 5.91 Å². The fourth-order valence-electron chi connectivity index (χ4n) is 4.31. The molecule has 2 aliphatic heterocycles. The van der Waals surface area contributed by atoms with Crippen molar-refractivity contribution in [2.75, 3.05) is 0 Å². The lowest BCUT2D eigenvalue weighted by molar-refractivity contribution is 0.0918. The first kappa shape index (κ1) is 17.5. The molecule has 0 radical (unpaired) electrons. The minimum absolute atomic E-state index is 0.146. The number of rotatable bonds is 4. The highest BCUT2D eigenvalue weighted by Gasteiger charge is 2.34. The van der Waals surface area contributed by atoms with Gasteiger partial charge in [0.1, 0.15) is 5.69 Å². The van der Waals surface area contributed by atoms with Gasteiger partial charge in [0, 0.05) is 29.2 Å². The number of furan rings is 1. The number of piperidine rings is 1. The normalized spacial score (nSPS) is 23.7. The zero-order chi connectivity index (χ0) is 19.1. The molecule has 2 saturated heterocycles. The maximum absolute atomic E-state index is 12.9. The van der Waals surface area contributed by atoms with Crippen molar-refractivity contribution in [1.29, 1.82) is 0 Å². The first-order valence-electron chi connectivity index (χ1n) is 9.62. The van der Waals surface area contributed by atoms with Crippen LogP contribution in [-0.4, -0.2) is 33.8 Å². The van der Waals surface area contributed by atoms with Gasteiger partial charge in [-0.1, -0.05) is 11.6 Å². The molecule has 6 nitrogen and oxygen atoms in total. The molecule has 3 aromatic rings. The predicted molar refractivity (Wildman–Crippen MR) is 107 cm³/mol. The Morgan fingerprint density at radius 2 is 1.93 bits per heavy atom. The lowest BCUT2D eigenvalue weighted by atomic mass is 10.00. The van der Waals surface area contributed by atoms with Gasteiger partial charge < -0.3 is 15.1 Å². The number of fused-ring (bicyclic) bond motifs is 2. The van der Waals surface area contributed by atoms with Crippen molar-refractivity contribution in [3.8, 4) is 17.1 Å². The van der Waals surface area contributed by atoms with Gasteiger partial charge in [0.15, 0.2) is 11.5 Å². The standard InChI is InChI=1S/C21H21ClN4O2/c22-13-3-7-17(8-4-13)26-19(20-2-1-9-28-20)12-18(25-26)21(27)24-16-10-14-5-6-15(11-16)23-14/h1-4,7-9,12,14-16,23H,5-6,10-11H2,(H,24,27). The van der Waals surface area contributed by atoms with Gasteiger partial charge in [0.05, 0.1) is 12.0 Å². The predicted octanol–water partition coefficient (Wildman–Crippen LogP) is 3.80. The maximum Gasteiger partial charge on any atom is 0.272 e. The summed E-state index contributed by atoms with van der Waals surface area (Å²) >= 11 is 6.01. The average Bonchev–Trinajstić information content (AvgIpc) is 3.42. The molecule has 5 rings (SSSR count). The summed E-state index contributed by atoms with van der Waals surface area (Å²) < 4.78 is 7.28. The summed E-state index contributed by atoms with van der Waals surface area (Å²) in [4.78, 5) is 12.9. The molecule has 2 unspecified atom stereocenters. The molecule has 1 amide bonds. The Bertz CT molecular complexity index is 969. The van der Waals surface area contributed by atoms with E-state index in [4.69, 9.17) is 16.0 Å². The van der Waals surface area contributed by atoms with Gasteiger partial charge in [-0.2, -0.15) is 5.10 Å². The van der Waals surface area contributed by atoms with Crippen LogP contribution in [0.2, 0.25) is 5.02 Å². The van der Waals surface area contributed by atoms with Crippen molar-refractivity contribution >= 4 is 17.5 Å². The molecule has 1 aromatic carbocycles. The second kappa shape index (κ2) is 7.11. The van der Waals surface area contributed by atoms with E-state index >= 15 is 0 Å². The number of carbonyl (C=O) groups is 1. The van der Waals surface area contributed by atoms with Gasteiger partial charge >= 0.3 is 0 Å². The van der Waals surface area contributed by atoms with E-state index in [1.54, 1.807) is 29.1 Å². The first-order chi connectivity index (χ1) is 13.7. The van der Waals surface area contributed by atoms with Crippen LogP contribution in [-0.2, 0) is 0 Å². The Kier molecular flexibility index (Phi) is 4.45. The summed E-state index contributed by atoms with van der Waals surface area (Å²) in [6.07, 6.45) is 5.96. The largest absolute Gasteiger partial charge is 0.463 e. The fraction of sp³-hybridized carbons (Fsp3) is 0.333. The number of amides is 1. The summed E-state index contributed by atoms with van der Waals surface area (Å²) in [6.45, 7) is 0. The van der Waals surface area contributed by atoms with Crippen LogP contribution < -0.4 is 10.6 Å². The molecule has 2 N–H and O–H groups in total. The number of hydrogen-bond acceptors (Lipinski definition) is 4. The highest BCUT2D eigenvalue weighted by atomic mass is 35.5. The lowest BCUT2D eigenvalue weighted by Gasteiger charge is -2.29. The van der Waals surface area contributed by atoms with Crippen LogP contribution in [0, 0.1) is 0 Å². The number of nitrogens with one attached hydrogen (secondary N) is 2. The summed E-state index contributed by atoms with van der Waals surface area (Å²) in [6, 6.07) is 14.0. The Morgan fingerprint density at radius 1 is 1.18 bits per heavy atom. The van der Waals surface area contributed by atoms with E-state index in [9.17, 15) is 4.79 Å². The van der Waals surface area contributed by atoms with E-state index in [1.165, 1.54) is 12.8 Å². The van der Waals surface area contributed by atoms with Crippen LogP contribution in [0.1, 0.15) is 36.2 Å². The van der Waals surface area contributed by atoms with Gasteiger partial charge in [-0.25, -0.2) is 4.68 Å². The minimum Gasteiger partial charge on any atom is -0.463 e. The zero-order valence-electron chi connectivity index (χ0n) is 15.3. The van der Waals surface area contributed by atoms with Crippen molar-refractivity contribution in [2.24, 2.45) is 0 Å². The molecule has 4 heterocycles. The molecular weight excluding hydrogens is 376 g/mol.